The van der Waals surface area contributed by atoms with E-state index in [1.807, 2.05) is 93.6 Å². The molecule has 0 bridgehead atoms. The van der Waals surface area contributed by atoms with E-state index in [4.69, 9.17) is 5.73 Å². The van der Waals surface area contributed by atoms with Gasteiger partial charge in [-0.1, -0.05) is 113 Å². The van der Waals surface area contributed by atoms with Crippen LogP contribution in [0.3, 0.4) is 0 Å². The third kappa shape index (κ3) is 8.44. The van der Waals surface area contributed by atoms with Gasteiger partial charge in [0.05, 0.1) is 17.0 Å². The van der Waals surface area contributed by atoms with E-state index in [9.17, 15) is 8.42 Å². The minimum atomic E-state index is -3.77. The van der Waals surface area contributed by atoms with E-state index in [1.54, 1.807) is 0 Å². The van der Waals surface area contributed by atoms with E-state index in [1.165, 1.54) is 16.7 Å². The van der Waals surface area contributed by atoms with Crippen LogP contribution in [0.2, 0.25) is 0 Å². The number of nitrogens with two attached hydrogens (primary N) is 1. The Morgan fingerprint density at radius 3 is 1.39 bits per heavy atom. The smallest absolute Gasteiger partial charge is 0.241 e. The molecule has 0 heterocycles. The SMILES string of the molecule is Cc1cc(C)c(S(=O)(=O)N[C@@H](c2ccccc2)[C@@H](N)c2ccccc2)c(C)c1.Cc1cc(C)cc(C)c1.[Ru]. The Morgan fingerprint density at radius 1 is 0.605 bits per heavy atom. The Labute approximate surface area is 241 Å². The summed E-state index contributed by atoms with van der Waals surface area (Å²) in [6, 6.07) is 28.2. The molecule has 0 radical (unpaired) electrons. The van der Waals surface area contributed by atoms with Gasteiger partial charge in [-0.05, 0) is 63.8 Å². The van der Waals surface area contributed by atoms with Crippen LogP contribution in [0.4, 0.5) is 0 Å². The molecule has 0 saturated carbocycles. The zero-order chi connectivity index (χ0) is 27.2. The third-order valence-electron chi connectivity index (χ3n) is 6.22. The van der Waals surface area contributed by atoms with Gasteiger partial charge in [0.15, 0.2) is 0 Å². The Kier molecular flexibility index (Phi) is 11.6. The van der Waals surface area contributed by atoms with Crippen molar-refractivity contribution in [1.82, 2.24) is 4.72 Å². The maximum absolute atomic E-state index is 13.3. The number of sulfonamides is 1. The first kappa shape index (κ1) is 31.6. The van der Waals surface area contributed by atoms with Crippen LogP contribution in [0.15, 0.2) is 95.9 Å². The average molecular weight is 616 g/mol. The summed E-state index contributed by atoms with van der Waals surface area (Å²) < 4.78 is 29.5. The molecule has 2 atom stereocenters. The summed E-state index contributed by atoms with van der Waals surface area (Å²) in [7, 11) is -3.77. The molecule has 0 aliphatic heterocycles. The van der Waals surface area contributed by atoms with Crippen molar-refractivity contribution in [3.05, 3.63) is 136 Å². The van der Waals surface area contributed by atoms with Crippen molar-refractivity contribution in [2.75, 3.05) is 0 Å². The molecule has 0 aliphatic rings. The van der Waals surface area contributed by atoms with Crippen LogP contribution in [-0.2, 0) is 29.5 Å². The number of aryl methyl sites for hydroxylation is 6. The Hall–Kier alpha value is -2.63. The Balaban J connectivity index is 0.000000430. The van der Waals surface area contributed by atoms with Gasteiger partial charge in [-0.25, -0.2) is 13.1 Å². The fourth-order valence-electron chi connectivity index (χ4n) is 4.90. The van der Waals surface area contributed by atoms with Crippen LogP contribution in [-0.4, -0.2) is 8.42 Å². The zero-order valence-corrected chi connectivity index (χ0v) is 25.5. The van der Waals surface area contributed by atoms with Gasteiger partial charge < -0.3 is 5.73 Å². The van der Waals surface area contributed by atoms with Gasteiger partial charge in [0.1, 0.15) is 0 Å². The monoisotopic (exact) mass is 616 g/mol. The van der Waals surface area contributed by atoms with Gasteiger partial charge in [-0.2, -0.15) is 0 Å². The standard InChI is InChI=1S/C23H26N2O2S.C9H12.Ru/c1-16-14-17(2)23(18(3)15-16)28(26,27)25-22(20-12-8-5-9-13-20)21(24)19-10-6-4-7-11-19;1-7-4-8(2)6-9(3)5-7;/h4-15,21-22,25H,24H2,1-3H3;4-6H,1-3H3;/t21-,22-;;/m0../s1. The third-order valence-corrected chi connectivity index (χ3v) is 7.97. The van der Waals surface area contributed by atoms with E-state index >= 15 is 0 Å². The first-order valence-electron chi connectivity index (χ1n) is 12.5. The van der Waals surface area contributed by atoms with Crippen LogP contribution < -0.4 is 10.5 Å². The zero-order valence-electron chi connectivity index (χ0n) is 23.0. The molecule has 202 valence electrons. The molecule has 0 spiro atoms. The molecule has 4 nitrogen and oxygen atoms in total. The first-order chi connectivity index (χ1) is 17.5. The van der Waals surface area contributed by atoms with Crippen LogP contribution in [0.1, 0.15) is 56.6 Å². The number of hydrogen-bond donors (Lipinski definition) is 2. The number of benzene rings is 4. The van der Waals surface area contributed by atoms with Gasteiger partial charge >= 0.3 is 0 Å². The largest absolute Gasteiger partial charge is 0.322 e. The molecule has 38 heavy (non-hydrogen) atoms. The van der Waals surface area contributed by atoms with Crippen molar-refractivity contribution in [3.63, 3.8) is 0 Å². The summed E-state index contributed by atoms with van der Waals surface area (Å²) in [5, 5.41) is 0. The minimum Gasteiger partial charge on any atom is -0.322 e. The summed E-state index contributed by atoms with van der Waals surface area (Å²) in [5.74, 6) is 0. The summed E-state index contributed by atoms with van der Waals surface area (Å²) >= 11 is 0. The maximum Gasteiger partial charge on any atom is 0.241 e. The molecule has 4 aromatic rings. The Bertz CT molecular complexity index is 1370. The van der Waals surface area contributed by atoms with E-state index in [2.05, 4.69) is 43.7 Å². The van der Waals surface area contributed by atoms with Crippen LogP contribution in [0.25, 0.3) is 0 Å². The molecule has 0 amide bonds. The van der Waals surface area contributed by atoms with Crippen molar-refractivity contribution in [2.45, 2.75) is 58.5 Å². The van der Waals surface area contributed by atoms with Crippen LogP contribution in [0, 0.1) is 41.5 Å². The van der Waals surface area contributed by atoms with Crippen LogP contribution >= 0.6 is 0 Å². The molecule has 6 heteroatoms. The quantitative estimate of drug-likeness (QED) is 0.231. The fraction of sp³-hybridized carbons (Fsp3) is 0.250. The molecule has 0 fully saturated rings. The predicted molar refractivity (Wildman–Crippen MR) is 154 cm³/mol. The van der Waals surface area contributed by atoms with Gasteiger partial charge in [0.2, 0.25) is 10.0 Å². The molecular weight excluding hydrogens is 578 g/mol. The van der Waals surface area contributed by atoms with E-state index in [0.717, 1.165) is 27.8 Å². The Morgan fingerprint density at radius 2 is 0.974 bits per heavy atom. The number of rotatable bonds is 6. The van der Waals surface area contributed by atoms with Crippen LogP contribution in [0.5, 0.6) is 0 Å². The minimum absolute atomic E-state index is 0. The second kappa shape index (κ2) is 14.0. The summed E-state index contributed by atoms with van der Waals surface area (Å²) in [6.45, 7) is 12.0. The second-order valence-corrected chi connectivity index (χ2v) is 11.5. The van der Waals surface area contributed by atoms with Crippen molar-refractivity contribution < 1.29 is 27.9 Å². The summed E-state index contributed by atoms with van der Waals surface area (Å²) in [6.07, 6.45) is 0. The van der Waals surface area contributed by atoms with Crippen molar-refractivity contribution in [2.24, 2.45) is 5.73 Å². The molecule has 0 unspecified atom stereocenters. The number of hydrogen-bond acceptors (Lipinski definition) is 3. The number of nitrogens with one attached hydrogen (secondary N) is 1. The maximum atomic E-state index is 13.3. The van der Waals surface area contributed by atoms with E-state index in [-0.39, 0.29) is 19.5 Å². The first-order valence-corrected chi connectivity index (χ1v) is 14.0. The van der Waals surface area contributed by atoms with Crippen molar-refractivity contribution >= 4 is 10.0 Å². The summed E-state index contributed by atoms with van der Waals surface area (Å²) in [5.41, 5.74) is 14.8. The predicted octanol–water partition coefficient (Wildman–Crippen LogP) is 6.94. The van der Waals surface area contributed by atoms with Crippen molar-refractivity contribution in [3.8, 4) is 0 Å². The molecule has 3 N–H and O–H groups in total. The topological polar surface area (TPSA) is 72.2 Å². The van der Waals surface area contributed by atoms with Gasteiger partial charge in [0, 0.05) is 19.5 Å². The molecule has 0 saturated heterocycles. The molecular formula is C32H38N2O2RuS. The van der Waals surface area contributed by atoms with Gasteiger partial charge in [-0.15, -0.1) is 0 Å². The van der Waals surface area contributed by atoms with Gasteiger partial charge in [0.25, 0.3) is 0 Å². The molecule has 0 aromatic heterocycles. The molecule has 4 aromatic carbocycles. The van der Waals surface area contributed by atoms with Crippen molar-refractivity contribution in [1.29, 1.82) is 0 Å². The van der Waals surface area contributed by atoms with E-state index < -0.39 is 22.1 Å². The van der Waals surface area contributed by atoms with Gasteiger partial charge in [-0.3, -0.25) is 0 Å². The average Bonchev–Trinajstić information content (AvgIpc) is 2.82. The molecule has 0 aliphatic carbocycles. The second-order valence-electron chi connectivity index (χ2n) is 9.84. The fourth-order valence-corrected chi connectivity index (χ4v) is 6.60. The summed E-state index contributed by atoms with van der Waals surface area (Å²) in [4.78, 5) is 0.319. The molecule has 4 rings (SSSR count). The normalized spacial score (nSPS) is 12.5. The van der Waals surface area contributed by atoms with E-state index in [0.29, 0.717) is 4.90 Å².